The normalized spacial score (nSPS) is 10.4. The number of rotatable bonds is 8. The molecule has 0 unspecified atom stereocenters. The van der Waals surface area contributed by atoms with Crippen LogP contribution in [0.3, 0.4) is 0 Å². The lowest BCUT2D eigenvalue weighted by Crippen LogP contribution is -2.15. The standard InChI is InChI=1S/C13H20BrNO3/c1-17-12-8-10(7-11(14)13(12)18-2)9-15-5-3-4-6-16/h7-8,15-16H,3-6,9H2,1-2H3. The summed E-state index contributed by atoms with van der Waals surface area (Å²) in [5.41, 5.74) is 1.13. The molecule has 1 aromatic rings. The second kappa shape index (κ2) is 8.34. The van der Waals surface area contributed by atoms with Crippen LogP contribution in [0.2, 0.25) is 0 Å². The molecule has 0 saturated carbocycles. The van der Waals surface area contributed by atoms with Crippen molar-refractivity contribution in [3.8, 4) is 11.5 Å². The second-order valence-electron chi connectivity index (χ2n) is 3.92. The van der Waals surface area contributed by atoms with Crippen molar-refractivity contribution in [2.45, 2.75) is 19.4 Å². The van der Waals surface area contributed by atoms with E-state index in [1.165, 1.54) is 0 Å². The van der Waals surface area contributed by atoms with Crippen LogP contribution in [0.1, 0.15) is 18.4 Å². The van der Waals surface area contributed by atoms with E-state index in [9.17, 15) is 0 Å². The molecule has 0 atom stereocenters. The SMILES string of the molecule is COc1cc(CNCCCCO)cc(Br)c1OC. The molecule has 0 radical (unpaired) electrons. The highest BCUT2D eigenvalue weighted by Crippen LogP contribution is 2.36. The summed E-state index contributed by atoms with van der Waals surface area (Å²) in [5, 5.41) is 12.0. The van der Waals surface area contributed by atoms with Crippen molar-refractivity contribution in [3.05, 3.63) is 22.2 Å². The molecule has 0 aliphatic rings. The number of aliphatic hydroxyl groups excluding tert-OH is 1. The Hall–Kier alpha value is -0.780. The summed E-state index contributed by atoms with van der Waals surface area (Å²) in [5.74, 6) is 1.43. The predicted molar refractivity (Wildman–Crippen MR) is 75.3 cm³/mol. The molecule has 0 heterocycles. The topological polar surface area (TPSA) is 50.7 Å². The maximum absolute atomic E-state index is 8.68. The van der Waals surface area contributed by atoms with Crippen molar-refractivity contribution in [1.29, 1.82) is 0 Å². The Bertz CT molecular complexity index is 371. The zero-order chi connectivity index (χ0) is 13.4. The predicted octanol–water partition coefficient (Wildman–Crippen LogP) is 2.33. The van der Waals surface area contributed by atoms with Gasteiger partial charge < -0.3 is 19.9 Å². The van der Waals surface area contributed by atoms with Crippen LogP contribution < -0.4 is 14.8 Å². The van der Waals surface area contributed by atoms with Gasteiger partial charge in [0.1, 0.15) is 0 Å². The van der Waals surface area contributed by atoms with Gasteiger partial charge in [0.05, 0.1) is 18.7 Å². The molecular weight excluding hydrogens is 298 g/mol. The van der Waals surface area contributed by atoms with Gasteiger partial charge in [0.25, 0.3) is 0 Å². The molecule has 0 amide bonds. The lowest BCUT2D eigenvalue weighted by atomic mass is 10.2. The fourth-order valence-corrected chi connectivity index (χ4v) is 2.32. The Morgan fingerprint density at radius 1 is 1.22 bits per heavy atom. The Balaban J connectivity index is 2.58. The lowest BCUT2D eigenvalue weighted by Gasteiger charge is -2.12. The van der Waals surface area contributed by atoms with Crippen molar-refractivity contribution in [2.24, 2.45) is 0 Å². The van der Waals surface area contributed by atoms with E-state index < -0.39 is 0 Å². The largest absolute Gasteiger partial charge is 0.493 e. The van der Waals surface area contributed by atoms with Gasteiger partial charge in [-0.15, -0.1) is 0 Å². The Kier molecular flexibility index (Phi) is 7.08. The third-order valence-electron chi connectivity index (χ3n) is 2.58. The van der Waals surface area contributed by atoms with Crippen molar-refractivity contribution >= 4 is 15.9 Å². The van der Waals surface area contributed by atoms with Crippen LogP contribution in [0, 0.1) is 0 Å². The first-order valence-electron chi connectivity index (χ1n) is 5.95. The zero-order valence-electron chi connectivity index (χ0n) is 10.8. The number of ether oxygens (including phenoxy) is 2. The number of hydrogen-bond donors (Lipinski definition) is 2. The van der Waals surface area contributed by atoms with Gasteiger partial charge in [-0.05, 0) is 53.0 Å². The molecule has 0 aliphatic carbocycles. The number of hydrogen-bond acceptors (Lipinski definition) is 4. The third kappa shape index (κ3) is 4.48. The van der Waals surface area contributed by atoms with E-state index in [1.54, 1.807) is 14.2 Å². The molecule has 18 heavy (non-hydrogen) atoms. The van der Waals surface area contributed by atoms with Gasteiger partial charge in [-0.1, -0.05) is 0 Å². The first-order valence-corrected chi connectivity index (χ1v) is 6.74. The average Bonchev–Trinajstić information content (AvgIpc) is 2.37. The van der Waals surface area contributed by atoms with Crippen LogP contribution >= 0.6 is 15.9 Å². The monoisotopic (exact) mass is 317 g/mol. The van der Waals surface area contributed by atoms with Crippen molar-refractivity contribution < 1.29 is 14.6 Å². The molecule has 5 heteroatoms. The van der Waals surface area contributed by atoms with E-state index in [2.05, 4.69) is 21.2 Å². The average molecular weight is 318 g/mol. The Morgan fingerprint density at radius 2 is 2.00 bits per heavy atom. The van der Waals surface area contributed by atoms with Crippen LogP contribution in [0.15, 0.2) is 16.6 Å². The lowest BCUT2D eigenvalue weighted by molar-refractivity contribution is 0.283. The summed E-state index contributed by atoms with van der Waals surface area (Å²) in [6.07, 6.45) is 1.81. The Morgan fingerprint density at radius 3 is 2.61 bits per heavy atom. The van der Waals surface area contributed by atoms with Gasteiger partial charge >= 0.3 is 0 Å². The quantitative estimate of drug-likeness (QED) is 0.723. The summed E-state index contributed by atoms with van der Waals surface area (Å²) in [6.45, 7) is 1.92. The highest BCUT2D eigenvalue weighted by atomic mass is 79.9. The summed E-state index contributed by atoms with van der Waals surface area (Å²) in [6, 6.07) is 3.98. The van der Waals surface area contributed by atoms with Gasteiger partial charge in [0.2, 0.25) is 0 Å². The summed E-state index contributed by atoms with van der Waals surface area (Å²) >= 11 is 3.47. The molecule has 2 N–H and O–H groups in total. The minimum Gasteiger partial charge on any atom is -0.493 e. The van der Waals surface area contributed by atoms with Crippen molar-refractivity contribution in [2.75, 3.05) is 27.4 Å². The van der Waals surface area contributed by atoms with Gasteiger partial charge in [0.15, 0.2) is 11.5 Å². The zero-order valence-corrected chi connectivity index (χ0v) is 12.4. The van der Waals surface area contributed by atoms with Crippen molar-refractivity contribution in [1.82, 2.24) is 5.32 Å². The minimum atomic E-state index is 0.254. The first kappa shape index (κ1) is 15.3. The maximum Gasteiger partial charge on any atom is 0.174 e. The molecule has 4 nitrogen and oxygen atoms in total. The van der Waals surface area contributed by atoms with Crippen LogP contribution in [-0.4, -0.2) is 32.5 Å². The highest BCUT2D eigenvalue weighted by molar-refractivity contribution is 9.10. The number of methoxy groups -OCH3 is 2. The summed E-state index contributed by atoms with van der Waals surface area (Å²) < 4.78 is 11.4. The summed E-state index contributed by atoms with van der Waals surface area (Å²) in [4.78, 5) is 0. The molecule has 0 bridgehead atoms. The molecule has 0 aromatic heterocycles. The molecular formula is C13H20BrNO3. The number of nitrogens with one attached hydrogen (secondary N) is 1. The number of benzene rings is 1. The second-order valence-corrected chi connectivity index (χ2v) is 4.77. The van der Waals surface area contributed by atoms with E-state index in [0.29, 0.717) is 5.75 Å². The van der Waals surface area contributed by atoms with E-state index in [0.717, 1.165) is 41.7 Å². The van der Waals surface area contributed by atoms with E-state index in [4.69, 9.17) is 14.6 Å². The van der Waals surface area contributed by atoms with Crippen LogP contribution in [0.4, 0.5) is 0 Å². The van der Waals surface area contributed by atoms with E-state index in [-0.39, 0.29) is 6.61 Å². The van der Waals surface area contributed by atoms with E-state index in [1.807, 2.05) is 12.1 Å². The summed E-state index contributed by atoms with van der Waals surface area (Å²) in [7, 11) is 3.25. The molecule has 0 aliphatic heterocycles. The number of aliphatic hydroxyl groups is 1. The molecule has 102 valence electrons. The number of halogens is 1. The molecule has 1 aromatic carbocycles. The van der Waals surface area contributed by atoms with Gasteiger partial charge in [-0.3, -0.25) is 0 Å². The van der Waals surface area contributed by atoms with Crippen LogP contribution in [0.5, 0.6) is 11.5 Å². The van der Waals surface area contributed by atoms with Crippen molar-refractivity contribution in [3.63, 3.8) is 0 Å². The minimum absolute atomic E-state index is 0.254. The first-order chi connectivity index (χ1) is 8.72. The van der Waals surface area contributed by atoms with Gasteiger partial charge in [0, 0.05) is 13.2 Å². The maximum atomic E-state index is 8.68. The molecule has 0 spiro atoms. The molecule has 0 saturated heterocycles. The van der Waals surface area contributed by atoms with Gasteiger partial charge in [-0.25, -0.2) is 0 Å². The molecule has 0 fully saturated rings. The smallest absolute Gasteiger partial charge is 0.174 e. The fourth-order valence-electron chi connectivity index (χ4n) is 1.67. The highest BCUT2D eigenvalue weighted by Gasteiger charge is 2.10. The number of unbranched alkanes of at least 4 members (excludes halogenated alkanes) is 1. The van der Waals surface area contributed by atoms with Gasteiger partial charge in [-0.2, -0.15) is 0 Å². The van der Waals surface area contributed by atoms with Crippen LogP contribution in [-0.2, 0) is 6.54 Å². The Labute approximate surface area is 116 Å². The molecule has 1 rings (SSSR count). The van der Waals surface area contributed by atoms with E-state index >= 15 is 0 Å². The third-order valence-corrected chi connectivity index (χ3v) is 3.17. The van der Waals surface area contributed by atoms with Crippen LogP contribution in [0.25, 0.3) is 0 Å². The fraction of sp³-hybridized carbons (Fsp3) is 0.538.